The van der Waals surface area contributed by atoms with Crippen molar-refractivity contribution in [2.45, 2.75) is 37.7 Å². The van der Waals surface area contributed by atoms with Crippen LogP contribution in [0.15, 0.2) is 42.0 Å². The lowest BCUT2D eigenvalue weighted by molar-refractivity contribution is -0.0959. The molecule has 3 heterocycles. The molecule has 2 aliphatic heterocycles. The molecule has 0 bridgehead atoms. The van der Waals surface area contributed by atoms with Crippen molar-refractivity contribution in [2.75, 3.05) is 19.7 Å². The largest absolute Gasteiger partial charge is 0.371 e. The summed E-state index contributed by atoms with van der Waals surface area (Å²) in [7, 11) is 0. The van der Waals surface area contributed by atoms with Crippen molar-refractivity contribution in [3.63, 3.8) is 0 Å². The van der Waals surface area contributed by atoms with Gasteiger partial charge in [-0.25, -0.2) is 0 Å². The third kappa shape index (κ3) is 3.33. The monoisotopic (exact) mass is 330 g/mol. The Bertz CT molecular complexity index is 611. The third-order valence-corrected chi connectivity index (χ3v) is 5.56. The summed E-state index contributed by atoms with van der Waals surface area (Å²) in [5.74, 6) is 0. The van der Waals surface area contributed by atoms with Crippen LogP contribution in [0.1, 0.15) is 23.3 Å². The van der Waals surface area contributed by atoms with E-state index in [0.29, 0.717) is 6.61 Å². The van der Waals surface area contributed by atoms with Crippen LogP contribution in [0.5, 0.6) is 0 Å². The lowest BCUT2D eigenvalue weighted by Gasteiger charge is -2.29. The molecular formula is C18H22N2O2S. The quantitative estimate of drug-likeness (QED) is 0.844. The molecule has 2 aliphatic rings. The van der Waals surface area contributed by atoms with Crippen molar-refractivity contribution in [1.29, 1.82) is 0 Å². The van der Waals surface area contributed by atoms with Gasteiger partial charge < -0.3 is 9.47 Å². The van der Waals surface area contributed by atoms with Crippen LogP contribution in [0.2, 0.25) is 0 Å². The fourth-order valence-electron chi connectivity index (χ4n) is 3.68. The second kappa shape index (κ2) is 6.69. The number of thiazole rings is 1. The molecule has 122 valence electrons. The molecule has 2 saturated heterocycles. The summed E-state index contributed by atoms with van der Waals surface area (Å²) < 4.78 is 12.5. The average Bonchev–Trinajstić information content (AvgIpc) is 3.31. The van der Waals surface area contributed by atoms with Crippen LogP contribution in [0, 0.1) is 0 Å². The van der Waals surface area contributed by atoms with Crippen molar-refractivity contribution in [3.8, 4) is 0 Å². The Kier molecular flexibility index (Phi) is 4.44. The molecule has 0 aliphatic carbocycles. The summed E-state index contributed by atoms with van der Waals surface area (Å²) in [5, 5.41) is 0. The molecule has 1 aromatic carbocycles. The molecule has 0 amide bonds. The summed E-state index contributed by atoms with van der Waals surface area (Å²) in [6.07, 6.45) is 4.36. The minimum atomic E-state index is -0.112. The standard InChI is InChI=1S/C18H22N2O2S/c1-2-5-15(6-3-1)12-21-17-11-20(10-16-9-19-14-23-16)13-18(17)7-4-8-22-18/h1-3,5-6,9,14,17H,4,7-8,10-13H2/t17-,18-/m0/s1. The van der Waals surface area contributed by atoms with Gasteiger partial charge in [-0.15, -0.1) is 11.3 Å². The molecule has 0 unspecified atom stereocenters. The second-order valence-electron chi connectivity index (χ2n) is 6.44. The zero-order valence-corrected chi connectivity index (χ0v) is 14.0. The maximum Gasteiger partial charge on any atom is 0.108 e. The van der Waals surface area contributed by atoms with Crippen LogP contribution in [0.4, 0.5) is 0 Å². The molecule has 1 aromatic heterocycles. The summed E-state index contributed by atoms with van der Waals surface area (Å²) in [5.41, 5.74) is 3.01. The van der Waals surface area contributed by atoms with Crippen LogP contribution in [0.3, 0.4) is 0 Å². The minimum absolute atomic E-state index is 0.112. The zero-order chi connectivity index (χ0) is 15.5. The van der Waals surface area contributed by atoms with E-state index in [1.54, 1.807) is 11.3 Å². The van der Waals surface area contributed by atoms with Crippen molar-refractivity contribution < 1.29 is 9.47 Å². The van der Waals surface area contributed by atoms with Crippen LogP contribution >= 0.6 is 11.3 Å². The summed E-state index contributed by atoms with van der Waals surface area (Å²) in [4.78, 5) is 7.94. The second-order valence-corrected chi connectivity index (χ2v) is 7.41. The lowest BCUT2D eigenvalue weighted by Crippen LogP contribution is -2.42. The van der Waals surface area contributed by atoms with Crippen molar-refractivity contribution in [1.82, 2.24) is 9.88 Å². The molecule has 2 atom stereocenters. The van der Waals surface area contributed by atoms with Gasteiger partial charge in [0.25, 0.3) is 0 Å². The lowest BCUT2D eigenvalue weighted by atomic mass is 9.96. The van der Waals surface area contributed by atoms with Crippen LogP contribution in [0.25, 0.3) is 0 Å². The van der Waals surface area contributed by atoms with E-state index in [4.69, 9.17) is 9.47 Å². The Morgan fingerprint density at radius 3 is 3.00 bits per heavy atom. The number of hydrogen-bond donors (Lipinski definition) is 0. The van der Waals surface area contributed by atoms with E-state index in [2.05, 4.69) is 34.1 Å². The molecule has 5 heteroatoms. The predicted molar refractivity (Wildman–Crippen MR) is 90.3 cm³/mol. The van der Waals surface area contributed by atoms with Gasteiger partial charge >= 0.3 is 0 Å². The summed E-state index contributed by atoms with van der Waals surface area (Å²) >= 11 is 1.72. The average molecular weight is 330 g/mol. The van der Waals surface area contributed by atoms with E-state index in [1.165, 1.54) is 10.4 Å². The highest BCUT2D eigenvalue weighted by Gasteiger charge is 2.50. The molecule has 0 saturated carbocycles. The first-order valence-electron chi connectivity index (χ1n) is 8.23. The van der Waals surface area contributed by atoms with Crippen molar-refractivity contribution in [3.05, 3.63) is 52.5 Å². The van der Waals surface area contributed by atoms with E-state index in [0.717, 1.165) is 39.1 Å². The fraction of sp³-hybridized carbons (Fsp3) is 0.500. The molecule has 1 spiro atoms. The van der Waals surface area contributed by atoms with Crippen molar-refractivity contribution in [2.24, 2.45) is 0 Å². The Morgan fingerprint density at radius 2 is 2.26 bits per heavy atom. The van der Waals surface area contributed by atoms with Gasteiger partial charge in [-0.05, 0) is 18.4 Å². The molecular weight excluding hydrogens is 308 g/mol. The maximum atomic E-state index is 6.30. The normalized spacial score (nSPS) is 27.9. The number of hydrogen-bond acceptors (Lipinski definition) is 5. The van der Waals surface area contributed by atoms with E-state index >= 15 is 0 Å². The molecule has 2 fully saturated rings. The summed E-state index contributed by atoms with van der Waals surface area (Å²) in [6, 6.07) is 10.4. The van der Waals surface area contributed by atoms with E-state index in [-0.39, 0.29) is 11.7 Å². The molecule has 0 radical (unpaired) electrons. The smallest absolute Gasteiger partial charge is 0.108 e. The number of aromatic nitrogens is 1. The van der Waals surface area contributed by atoms with E-state index in [1.807, 2.05) is 17.8 Å². The number of benzene rings is 1. The molecule has 4 nitrogen and oxygen atoms in total. The highest BCUT2D eigenvalue weighted by molar-refractivity contribution is 7.09. The summed E-state index contributed by atoms with van der Waals surface area (Å²) in [6.45, 7) is 4.36. The first-order valence-corrected chi connectivity index (χ1v) is 9.11. The highest BCUT2D eigenvalue weighted by atomic mass is 32.1. The predicted octanol–water partition coefficient (Wildman–Crippen LogP) is 3.09. The molecule has 0 N–H and O–H groups in total. The Hall–Kier alpha value is -1.27. The van der Waals surface area contributed by atoms with Gasteiger partial charge in [0.05, 0.1) is 12.1 Å². The number of ether oxygens (including phenoxy) is 2. The third-order valence-electron chi connectivity index (χ3n) is 4.79. The van der Waals surface area contributed by atoms with Crippen LogP contribution in [-0.4, -0.2) is 41.3 Å². The molecule has 4 rings (SSSR count). The van der Waals surface area contributed by atoms with Gasteiger partial charge in [0, 0.05) is 37.3 Å². The minimum Gasteiger partial charge on any atom is -0.371 e. The van der Waals surface area contributed by atoms with Gasteiger partial charge in [-0.1, -0.05) is 30.3 Å². The van der Waals surface area contributed by atoms with Gasteiger partial charge in [-0.2, -0.15) is 0 Å². The number of likely N-dealkylation sites (tertiary alicyclic amines) is 1. The first-order chi connectivity index (χ1) is 11.3. The van der Waals surface area contributed by atoms with Crippen LogP contribution in [-0.2, 0) is 22.6 Å². The van der Waals surface area contributed by atoms with E-state index < -0.39 is 0 Å². The molecule has 23 heavy (non-hydrogen) atoms. The maximum absolute atomic E-state index is 6.30. The van der Waals surface area contributed by atoms with Gasteiger partial charge in [0.2, 0.25) is 0 Å². The number of nitrogens with zero attached hydrogens (tertiary/aromatic N) is 2. The highest BCUT2D eigenvalue weighted by Crippen LogP contribution is 2.38. The first kappa shape index (κ1) is 15.3. The molecule has 2 aromatic rings. The Balaban J connectivity index is 1.43. The van der Waals surface area contributed by atoms with Crippen molar-refractivity contribution >= 4 is 11.3 Å². The van der Waals surface area contributed by atoms with Crippen LogP contribution < -0.4 is 0 Å². The van der Waals surface area contributed by atoms with E-state index in [9.17, 15) is 0 Å². The fourth-order valence-corrected chi connectivity index (χ4v) is 4.32. The van der Waals surface area contributed by atoms with Gasteiger partial charge in [0.15, 0.2) is 0 Å². The van der Waals surface area contributed by atoms with Gasteiger partial charge in [-0.3, -0.25) is 9.88 Å². The topological polar surface area (TPSA) is 34.6 Å². The SMILES string of the molecule is c1ccc(CO[C@H]2CN(Cc3cncs3)C[C@@]23CCCO3)cc1. The van der Waals surface area contributed by atoms with Gasteiger partial charge in [0.1, 0.15) is 11.7 Å². The zero-order valence-electron chi connectivity index (χ0n) is 13.2. The Labute approximate surface area is 141 Å². The Morgan fingerprint density at radius 1 is 1.35 bits per heavy atom. The number of rotatable bonds is 5.